The zero-order valence-electron chi connectivity index (χ0n) is 22.1. The average molecular weight is 530 g/mol. The SMILES string of the molecule is CCOC(=O)CN1C[C@@H](NC(=O)OC(C)(C)C)C[C@@H]1Cn1ccc(NC(=O)OCc2ccccc2)nc1=O. The van der Waals surface area contributed by atoms with Gasteiger partial charge in [0.2, 0.25) is 0 Å². The molecule has 38 heavy (non-hydrogen) atoms. The number of anilines is 1. The number of benzene rings is 1. The molecule has 1 aliphatic heterocycles. The first-order chi connectivity index (χ1) is 18.0. The highest BCUT2D eigenvalue weighted by atomic mass is 16.6. The number of alkyl carbamates (subject to hydrolysis) is 1. The van der Waals surface area contributed by atoms with Gasteiger partial charge in [0.15, 0.2) is 0 Å². The number of carbonyl (C=O) groups is 3. The Kier molecular flexibility index (Phi) is 9.83. The highest BCUT2D eigenvalue weighted by Crippen LogP contribution is 2.20. The van der Waals surface area contributed by atoms with Crippen molar-refractivity contribution in [2.45, 2.75) is 65.0 Å². The molecule has 0 bridgehead atoms. The normalized spacial score (nSPS) is 17.5. The van der Waals surface area contributed by atoms with Crippen LogP contribution in [0.2, 0.25) is 0 Å². The summed E-state index contributed by atoms with van der Waals surface area (Å²) < 4.78 is 17.0. The minimum Gasteiger partial charge on any atom is -0.465 e. The van der Waals surface area contributed by atoms with Crippen LogP contribution in [-0.2, 0) is 32.2 Å². The molecule has 2 aromatic rings. The second kappa shape index (κ2) is 13.0. The molecule has 1 saturated heterocycles. The second-order valence-electron chi connectivity index (χ2n) is 9.90. The maximum atomic E-state index is 12.7. The van der Waals surface area contributed by atoms with Crippen molar-refractivity contribution in [3.63, 3.8) is 0 Å². The summed E-state index contributed by atoms with van der Waals surface area (Å²) in [5.41, 5.74) is -0.393. The molecule has 1 aromatic heterocycles. The number of esters is 1. The van der Waals surface area contributed by atoms with Crippen LogP contribution in [0, 0.1) is 0 Å². The van der Waals surface area contributed by atoms with Crippen LogP contribution in [0.25, 0.3) is 0 Å². The molecule has 1 aliphatic rings. The monoisotopic (exact) mass is 529 g/mol. The van der Waals surface area contributed by atoms with Gasteiger partial charge in [0.25, 0.3) is 0 Å². The van der Waals surface area contributed by atoms with Gasteiger partial charge in [-0.05, 0) is 45.7 Å². The summed E-state index contributed by atoms with van der Waals surface area (Å²) in [6.45, 7) is 8.01. The lowest BCUT2D eigenvalue weighted by Crippen LogP contribution is -2.42. The maximum Gasteiger partial charge on any atom is 0.413 e. The van der Waals surface area contributed by atoms with Crippen molar-refractivity contribution < 1.29 is 28.6 Å². The molecule has 0 unspecified atom stereocenters. The quantitative estimate of drug-likeness (QED) is 0.370. The molecule has 0 aliphatic carbocycles. The first-order valence-electron chi connectivity index (χ1n) is 12.5. The third-order valence-electron chi connectivity index (χ3n) is 5.61. The van der Waals surface area contributed by atoms with Gasteiger partial charge in [-0.1, -0.05) is 30.3 Å². The number of nitrogens with zero attached hydrogens (tertiary/aromatic N) is 3. The number of carbonyl (C=O) groups excluding carboxylic acids is 3. The summed E-state index contributed by atoms with van der Waals surface area (Å²) in [6, 6.07) is 10.1. The molecule has 2 heterocycles. The van der Waals surface area contributed by atoms with Crippen molar-refractivity contribution in [3.05, 3.63) is 58.6 Å². The summed E-state index contributed by atoms with van der Waals surface area (Å²) in [4.78, 5) is 55.0. The van der Waals surface area contributed by atoms with Crippen molar-refractivity contribution >= 4 is 24.0 Å². The smallest absolute Gasteiger partial charge is 0.413 e. The van der Waals surface area contributed by atoms with Crippen LogP contribution < -0.4 is 16.3 Å². The van der Waals surface area contributed by atoms with Crippen LogP contribution in [-0.4, -0.2) is 70.0 Å². The lowest BCUT2D eigenvalue weighted by molar-refractivity contribution is -0.144. The average Bonchev–Trinajstić information content (AvgIpc) is 3.19. The van der Waals surface area contributed by atoms with Crippen LogP contribution in [0.15, 0.2) is 47.4 Å². The van der Waals surface area contributed by atoms with Crippen LogP contribution in [0.1, 0.15) is 39.7 Å². The van der Waals surface area contributed by atoms with Crippen molar-refractivity contribution in [1.82, 2.24) is 19.8 Å². The highest BCUT2D eigenvalue weighted by molar-refractivity contribution is 5.83. The van der Waals surface area contributed by atoms with E-state index in [1.807, 2.05) is 35.2 Å². The van der Waals surface area contributed by atoms with Crippen LogP contribution >= 0.6 is 0 Å². The fourth-order valence-electron chi connectivity index (χ4n) is 4.05. The van der Waals surface area contributed by atoms with E-state index in [0.29, 0.717) is 13.0 Å². The van der Waals surface area contributed by atoms with E-state index in [-0.39, 0.29) is 44.2 Å². The molecular weight excluding hydrogens is 494 g/mol. The first kappa shape index (κ1) is 28.6. The minimum absolute atomic E-state index is 0.0140. The second-order valence-corrected chi connectivity index (χ2v) is 9.90. The molecule has 3 rings (SSSR count). The van der Waals surface area contributed by atoms with Crippen LogP contribution in [0.4, 0.5) is 15.4 Å². The number of hydrogen-bond acceptors (Lipinski definition) is 9. The number of amides is 2. The molecule has 12 nitrogen and oxygen atoms in total. The molecule has 206 valence electrons. The molecular formula is C26H35N5O7. The highest BCUT2D eigenvalue weighted by Gasteiger charge is 2.35. The minimum atomic E-state index is -0.731. The molecule has 12 heteroatoms. The van der Waals surface area contributed by atoms with Gasteiger partial charge in [-0.2, -0.15) is 4.98 Å². The van der Waals surface area contributed by atoms with E-state index in [1.54, 1.807) is 27.7 Å². The lowest BCUT2D eigenvalue weighted by Gasteiger charge is -2.23. The van der Waals surface area contributed by atoms with Crippen molar-refractivity contribution in [2.24, 2.45) is 0 Å². The Labute approximate surface area is 221 Å². The summed E-state index contributed by atoms with van der Waals surface area (Å²) in [5, 5.41) is 5.29. The van der Waals surface area contributed by atoms with Gasteiger partial charge in [0, 0.05) is 31.4 Å². The molecule has 2 amide bonds. The van der Waals surface area contributed by atoms with Gasteiger partial charge in [-0.25, -0.2) is 14.4 Å². The van der Waals surface area contributed by atoms with E-state index in [2.05, 4.69) is 15.6 Å². The van der Waals surface area contributed by atoms with E-state index in [9.17, 15) is 19.2 Å². The third kappa shape index (κ3) is 9.18. The molecule has 2 N–H and O–H groups in total. The van der Waals surface area contributed by atoms with Gasteiger partial charge >= 0.3 is 23.8 Å². The number of hydrogen-bond donors (Lipinski definition) is 2. The molecule has 2 atom stereocenters. The number of aromatic nitrogens is 2. The van der Waals surface area contributed by atoms with Gasteiger partial charge in [-0.15, -0.1) is 0 Å². The van der Waals surface area contributed by atoms with E-state index in [0.717, 1.165) is 5.56 Å². The fraction of sp³-hybridized carbons (Fsp3) is 0.500. The summed E-state index contributed by atoms with van der Waals surface area (Å²) >= 11 is 0. The topological polar surface area (TPSA) is 141 Å². The first-order valence-corrected chi connectivity index (χ1v) is 12.5. The van der Waals surface area contributed by atoms with Crippen LogP contribution in [0.5, 0.6) is 0 Å². The largest absolute Gasteiger partial charge is 0.465 e. The zero-order valence-corrected chi connectivity index (χ0v) is 22.1. The Hall–Kier alpha value is -3.93. The van der Waals surface area contributed by atoms with Crippen LogP contribution in [0.3, 0.4) is 0 Å². The van der Waals surface area contributed by atoms with E-state index in [4.69, 9.17) is 14.2 Å². The Balaban J connectivity index is 1.62. The predicted octanol–water partition coefficient (Wildman–Crippen LogP) is 2.52. The van der Waals surface area contributed by atoms with Crippen molar-refractivity contribution in [2.75, 3.05) is 25.0 Å². The van der Waals surface area contributed by atoms with Gasteiger partial charge in [0.1, 0.15) is 18.0 Å². The molecule has 0 spiro atoms. The Morgan fingerprint density at radius 1 is 1.08 bits per heavy atom. The standard InChI is InChI=1S/C26H35N5O7/c1-5-36-22(32)16-31-14-19(27-25(35)38-26(2,3)4)13-20(31)15-30-12-11-21(28-23(30)33)29-24(34)37-17-18-9-7-6-8-10-18/h6-12,19-20H,5,13-17H2,1-4H3,(H,27,35)(H,28,29,33,34)/t19-,20+/m0/s1. The number of ether oxygens (including phenoxy) is 3. The van der Waals surface area contributed by atoms with E-state index >= 15 is 0 Å². The number of nitrogens with one attached hydrogen (secondary N) is 2. The van der Waals surface area contributed by atoms with E-state index in [1.165, 1.54) is 16.8 Å². The predicted molar refractivity (Wildman–Crippen MR) is 139 cm³/mol. The lowest BCUT2D eigenvalue weighted by atomic mass is 10.1. The summed E-state index contributed by atoms with van der Waals surface area (Å²) in [5.74, 6) is -0.335. The Morgan fingerprint density at radius 3 is 2.47 bits per heavy atom. The molecule has 1 aromatic carbocycles. The Morgan fingerprint density at radius 2 is 1.82 bits per heavy atom. The van der Waals surface area contributed by atoms with Gasteiger partial charge < -0.3 is 19.5 Å². The van der Waals surface area contributed by atoms with Crippen molar-refractivity contribution in [3.8, 4) is 0 Å². The fourth-order valence-corrected chi connectivity index (χ4v) is 4.05. The zero-order chi connectivity index (χ0) is 27.7. The van der Waals surface area contributed by atoms with E-state index < -0.39 is 29.4 Å². The third-order valence-corrected chi connectivity index (χ3v) is 5.61. The molecule has 0 radical (unpaired) electrons. The van der Waals surface area contributed by atoms with Gasteiger partial charge in [-0.3, -0.25) is 19.6 Å². The van der Waals surface area contributed by atoms with Gasteiger partial charge in [0.05, 0.1) is 13.2 Å². The number of rotatable bonds is 9. The summed E-state index contributed by atoms with van der Waals surface area (Å²) in [7, 11) is 0. The summed E-state index contributed by atoms with van der Waals surface area (Å²) in [6.07, 6.45) is 0.717. The Bertz CT molecular complexity index is 1160. The maximum absolute atomic E-state index is 12.7. The molecule has 1 fully saturated rings. The molecule has 0 saturated carbocycles. The number of likely N-dealkylation sites (tertiary alicyclic amines) is 1. The van der Waals surface area contributed by atoms with Crippen molar-refractivity contribution in [1.29, 1.82) is 0 Å².